The monoisotopic (exact) mass is 733 g/mol. The molecule has 0 saturated heterocycles. The number of pyridine rings is 2. The Morgan fingerprint density at radius 3 is 2.20 bits per heavy atom. The average Bonchev–Trinajstić information content (AvgIpc) is 4.04. The highest BCUT2D eigenvalue weighted by Gasteiger charge is 2.43. The van der Waals surface area contributed by atoms with Crippen molar-refractivity contribution in [3.05, 3.63) is 101 Å². The number of halogens is 1. The SMILES string of the molecule is COc1ccccc1-c1cncc(C(NS(=O)(=O)CCN(C(c2cncc(-c3ccc(C#N)c(Cl)c3)c2)C2CC2)S(=O)(=O)C(C)C)C2CC2)c1. The van der Waals surface area contributed by atoms with Crippen LogP contribution < -0.4 is 9.46 Å². The summed E-state index contributed by atoms with van der Waals surface area (Å²) in [5.41, 5.74) is 4.88. The number of sulfonamides is 2. The van der Waals surface area contributed by atoms with E-state index in [4.69, 9.17) is 16.3 Å². The van der Waals surface area contributed by atoms with E-state index in [1.54, 1.807) is 63.9 Å². The van der Waals surface area contributed by atoms with Gasteiger partial charge in [-0.2, -0.15) is 9.57 Å². The molecule has 10 nitrogen and oxygen atoms in total. The van der Waals surface area contributed by atoms with Crippen LogP contribution in [0.25, 0.3) is 22.3 Å². The molecule has 0 radical (unpaired) electrons. The van der Waals surface area contributed by atoms with Crippen LogP contribution in [0.1, 0.15) is 68.3 Å². The van der Waals surface area contributed by atoms with E-state index in [0.29, 0.717) is 27.5 Å². The second-order valence-electron chi connectivity index (χ2n) is 13.3. The van der Waals surface area contributed by atoms with Gasteiger partial charge < -0.3 is 4.74 Å². The molecule has 6 rings (SSSR count). The van der Waals surface area contributed by atoms with Crippen LogP contribution in [0.2, 0.25) is 5.02 Å². The number of nitrogens with zero attached hydrogens (tertiary/aromatic N) is 4. The number of hydrogen-bond acceptors (Lipinski definition) is 8. The maximum atomic E-state index is 14.0. The summed E-state index contributed by atoms with van der Waals surface area (Å²) in [6.07, 6.45) is 10.1. The van der Waals surface area contributed by atoms with E-state index in [0.717, 1.165) is 47.9 Å². The number of methoxy groups -OCH3 is 1. The second-order valence-corrected chi connectivity index (χ2v) is 18.0. The summed E-state index contributed by atoms with van der Waals surface area (Å²) >= 11 is 6.32. The molecular formula is C37H40ClN5O5S2. The molecule has 262 valence electrons. The molecule has 50 heavy (non-hydrogen) atoms. The minimum absolute atomic E-state index is 0.0174. The van der Waals surface area contributed by atoms with Gasteiger partial charge in [0.1, 0.15) is 11.8 Å². The largest absolute Gasteiger partial charge is 0.496 e. The van der Waals surface area contributed by atoms with Crippen molar-refractivity contribution >= 4 is 31.6 Å². The van der Waals surface area contributed by atoms with Gasteiger partial charge in [-0.05, 0) is 98.4 Å². The zero-order chi connectivity index (χ0) is 35.6. The Morgan fingerprint density at radius 2 is 1.56 bits per heavy atom. The first kappa shape index (κ1) is 35.9. The van der Waals surface area contributed by atoms with E-state index in [9.17, 15) is 22.1 Å². The molecule has 1 N–H and O–H groups in total. The van der Waals surface area contributed by atoms with Crippen LogP contribution >= 0.6 is 11.6 Å². The van der Waals surface area contributed by atoms with E-state index < -0.39 is 43.1 Å². The lowest BCUT2D eigenvalue weighted by atomic mass is 9.99. The number of hydrogen-bond donors (Lipinski definition) is 1. The van der Waals surface area contributed by atoms with Crippen molar-refractivity contribution in [2.45, 2.75) is 56.9 Å². The maximum absolute atomic E-state index is 14.0. The summed E-state index contributed by atoms with van der Waals surface area (Å²) in [5, 5.41) is 8.84. The molecule has 0 amide bonds. The minimum Gasteiger partial charge on any atom is -0.496 e. The second kappa shape index (κ2) is 14.8. The number of para-hydroxylation sites is 1. The Kier molecular flexibility index (Phi) is 10.6. The number of aromatic nitrogens is 2. The predicted molar refractivity (Wildman–Crippen MR) is 194 cm³/mol. The molecule has 0 aliphatic heterocycles. The van der Waals surface area contributed by atoms with Gasteiger partial charge in [-0.1, -0.05) is 35.9 Å². The van der Waals surface area contributed by atoms with E-state index >= 15 is 0 Å². The topological polar surface area (TPSA) is 142 Å². The van der Waals surface area contributed by atoms with Gasteiger partial charge in [0, 0.05) is 48.0 Å². The summed E-state index contributed by atoms with van der Waals surface area (Å²) in [7, 11) is -6.25. The molecule has 0 bridgehead atoms. The van der Waals surface area contributed by atoms with Gasteiger partial charge in [0.2, 0.25) is 20.0 Å². The number of benzene rings is 2. The molecule has 2 heterocycles. The molecule has 2 aromatic heterocycles. The molecule has 2 unspecified atom stereocenters. The lowest BCUT2D eigenvalue weighted by molar-refractivity contribution is 0.304. The normalized spacial score (nSPS) is 16.3. The smallest absolute Gasteiger partial charge is 0.217 e. The first-order valence-corrected chi connectivity index (χ1v) is 20.2. The number of nitrogens with one attached hydrogen (secondary N) is 1. The lowest BCUT2D eigenvalue weighted by Crippen LogP contribution is -2.44. The van der Waals surface area contributed by atoms with E-state index in [1.807, 2.05) is 36.4 Å². The first-order chi connectivity index (χ1) is 23.9. The molecule has 2 aliphatic rings. The van der Waals surface area contributed by atoms with Crippen molar-refractivity contribution in [3.63, 3.8) is 0 Å². The zero-order valence-electron chi connectivity index (χ0n) is 28.2. The van der Waals surface area contributed by atoms with Gasteiger partial charge in [-0.25, -0.2) is 21.6 Å². The zero-order valence-corrected chi connectivity index (χ0v) is 30.5. The van der Waals surface area contributed by atoms with Crippen molar-refractivity contribution < 1.29 is 21.6 Å². The highest BCUT2D eigenvalue weighted by atomic mass is 35.5. The van der Waals surface area contributed by atoms with E-state index in [2.05, 4.69) is 20.8 Å². The van der Waals surface area contributed by atoms with Gasteiger partial charge in [0.15, 0.2) is 0 Å². The fourth-order valence-corrected chi connectivity index (χ4v) is 9.44. The lowest BCUT2D eigenvalue weighted by Gasteiger charge is -2.33. The van der Waals surface area contributed by atoms with Crippen LogP contribution in [-0.2, 0) is 20.0 Å². The molecule has 2 atom stereocenters. The minimum atomic E-state index is -3.95. The summed E-state index contributed by atoms with van der Waals surface area (Å²) in [4.78, 5) is 8.89. The van der Waals surface area contributed by atoms with Gasteiger partial charge >= 0.3 is 0 Å². The summed E-state index contributed by atoms with van der Waals surface area (Å²) < 4.78 is 65.5. The fraction of sp³-hybridized carbons (Fsp3) is 0.378. The average molecular weight is 734 g/mol. The molecule has 4 aromatic rings. The van der Waals surface area contributed by atoms with Crippen LogP contribution in [0.5, 0.6) is 5.75 Å². The highest BCUT2D eigenvalue weighted by molar-refractivity contribution is 7.90. The molecule has 2 aromatic carbocycles. The third kappa shape index (κ3) is 8.03. The molecular weight excluding hydrogens is 694 g/mol. The van der Waals surface area contributed by atoms with Crippen LogP contribution in [0.3, 0.4) is 0 Å². The maximum Gasteiger partial charge on any atom is 0.217 e. The summed E-state index contributed by atoms with van der Waals surface area (Å²) in [5.74, 6) is 0.402. The Bertz CT molecular complexity index is 2130. The van der Waals surface area contributed by atoms with Crippen LogP contribution in [-0.4, -0.2) is 55.8 Å². The predicted octanol–water partition coefficient (Wildman–Crippen LogP) is 6.91. The van der Waals surface area contributed by atoms with E-state index in [-0.39, 0.29) is 18.4 Å². The quantitative estimate of drug-likeness (QED) is 0.139. The summed E-state index contributed by atoms with van der Waals surface area (Å²) in [6, 6.07) is 17.5. The van der Waals surface area contributed by atoms with Crippen LogP contribution in [0.15, 0.2) is 79.4 Å². The van der Waals surface area contributed by atoms with Crippen molar-refractivity contribution in [2.24, 2.45) is 11.8 Å². The van der Waals surface area contributed by atoms with E-state index in [1.165, 1.54) is 4.31 Å². The van der Waals surface area contributed by atoms with Crippen molar-refractivity contribution in [3.8, 4) is 34.1 Å². The molecule has 0 spiro atoms. The highest BCUT2D eigenvalue weighted by Crippen LogP contribution is 2.47. The standard InChI is InChI=1S/C37H40ClN5O5S2/c1-24(2)50(46,47)43(37(26-10-11-26)32-16-29(20-40-23-32)27-12-13-28(19-39)34(38)18-27)14-15-49(44,45)42-36(25-8-9-25)31-17-30(21-41-22-31)33-6-4-5-7-35(33)48-3/h4-7,12-13,16-18,20-26,36-37,42H,8-11,14-15H2,1-3H3. The summed E-state index contributed by atoms with van der Waals surface area (Å²) in [6.45, 7) is 3.00. The van der Waals surface area contributed by atoms with Crippen molar-refractivity contribution in [2.75, 3.05) is 19.4 Å². The molecule has 2 saturated carbocycles. The number of ether oxygens (including phenoxy) is 1. The van der Waals surface area contributed by atoms with Gasteiger partial charge in [0.05, 0.1) is 40.8 Å². The Morgan fingerprint density at radius 1 is 0.900 bits per heavy atom. The Balaban J connectivity index is 1.27. The molecule has 2 fully saturated rings. The van der Waals surface area contributed by atoms with Crippen molar-refractivity contribution in [1.29, 1.82) is 5.26 Å². The molecule has 2 aliphatic carbocycles. The first-order valence-electron chi connectivity index (χ1n) is 16.7. The Labute approximate surface area is 299 Å². The van der Waals surface area contributed by atoms with Crippen molar-refractivity contribution in [1.82, 2.24) is 19.0 Å². The third-order valence-electron chi connectivity index (χ3n) is 9.34. The van der Waals surface area contributed by atoms with Gasteiger partial charge in [-0.15, -0.1) is 0 Å². The third-order valence-corrected chi connectivity index (χ3v) is 13.2. The number of rotatable bonds is 15. The fourth-order valence-electron chi connectivity index (χ4n) is 6.33. The van der Waals surface area contributed by atoms with Gasteiger partial charge in [0.25, 0.3) is 0 Å². The molecule has 13 heteroatoms. The number of nitriles is 1. The van der Waals surface area contributed by atoms with Gasteiger partial charge in [-0.3, -0.25) is 9.97 Å². The van der Waals surface area contributed by atoms with Crippen LogP contribution in [0, 0.1) is 23.2 Å². The van der Waals surface area contributed by atoms with Crippen LogP contribution in [0.4, 0.5) is 0 Å². The Hall–Kier alpha value is -3.86.